The summed E-state index contributed by atoms with van der Waals surface area (Å²) in [6, 6.07) is 8.84. The molecule has 0 unspecified atom stereocenters. The lowest BCUT2D eigenvalue weighted by Crippen LogP contribution is -2.14. The molecule has 1 aliphatic carbocycles. The van der Waals surface area contributed by atoms with Crippen LogP contribution in [0.5, 0.6) is 0 Å². The van der Waals surface area contributed by atoms with Gasteiger partial charge in [0.15, 0.2) is 9.84 Å². The molecule has 3 rings (SSSR count). The highest BCUT2D eigenvalue weighted by Crippen LogP contribution is 2.21. The van der Waals surface area contributed by atoms with Crippen molar-refractivity contribution in [3.05, 3.63) is 53.7 Å². The topological polar surface area (TPSA) is 59.3 Å². The maximum absolute atomic E-state index is 12.8. The second kappa shape index (κ2) is 5.61. The number of halogens is 1. The number of furan rings is 1. The highest BCUT2D eigenvalue weighted by atomic mass is 32.2. The zero-order valence-electron chi connectivity index (χ0n) is 11.4. The molecule has 1 aromatic carbocycles. The van der Waals surface area contributed by atoms with Crippen molar-refractivity contribution >= 4 is 9.84 Å². The van der Waals surface area contributed by atoms with Gasteiger partial charge in [0.1, 0.15) is 23.1 Å². The zero-order valence-corrected chi connectivity index (χ0v) is 12.2. The van der Waals surface area contributed by atoms with Crippen LogP contribution in [0.4, 0.5) is 4.39 Å². The van der Waals surface area contributed by atoms with Gasteiger partial charge in [-0.05, 0) is 49.2 Å². The molecule has 1 N–H and O–H groups in total. The van der Waals surface area contributed by atoms with Crippen LogP contribution in [-0.4, -0.2) is 14.5 Å². The molecule has 1 fully saturated rings. The molecule has 21 heavy (non-hydrogen) atoms. The lowest BCUT2D eigenvalue weighted by Gasteiger charge is -2.03. The first-order chi connectivity index (χ1) is 10.0. The Hall–Kier alpha value is -1.66. The van der Waals surface area contributed by atoms with Crippen molar-refractivity contribution in [3.8, 4) is 0 Å². The van der Waals surface area contributed by atoms with Crippen LogP contribution in [0.1, 0.15) is 24.4 Å². The van der Waals surface area contributed by atoms with Crippen LogP contribution >= 0.6 is 0 Å². The number of sulfone groups is 1. The summed E-state index contributed by atoms with van der Waals surface area (Å²) < 4.78 is 42.8. The van der Waals surface area contributed by atoms with Gasteiger partial charge in [0.05, 0.1) is 11.4 Å². The zero-order chi connectivity index (χ0) is 14.9. The predicted octanol–water partition coefficient (Wildman–Crippen LogP) is 2.64. The predicted molar refractivity (Wildman–Crippen MR) is 75.9 cm³/mol. The van der Waals surface area contributed by atoms with Crippen molar-refractivity contribution in [1.29, 1.82) is 0 Å². The number of hydrogen-bond donors (Lipinski definition) is 1. The summed E-state index contributed by atoms with van der Waals surface area (Å²) in [7, 11) is -3.52. The molecule has 0 atom stereocenters. The van der Waals surface area contributed by atoms with Crippen molar-refractivity contribution < 1.29 is 17.2 Å². The molecule has 112 valence electrons. The molecule has 1 aromatic heterocycles. The monoisotopic (exact) mass is 309 g/mol. The first kappa shape index (κ1) is 14.3. The fourth-order valence-corrected chi connectivity index (χ4v) is 3.29. The normalized spacial score (nSPS) is 15.3. The van der Waals surface area contributed by atoms with Crippen LogP contribution in [-0.2, 0) is 22.1 Å². The van der Waals surface area contributed by atoms with Crippen LogP contribution in [0, 0.1) is 5.82 Å². The van der Waals surface area contributed by atoms with Crippen LogP contribution in [0.25, 0.3) is 0 Å². The highest BCUT2D eigenvalue weighted by molar-refractivity contribution is 7.90. The Kier molecular flexibility index (Phi) is 3.82. The number of benzene rings is 1. The second-order valence-corrected chi connectivity index (χ2v) is 7.23. The highest BCUT2D eigenvalue weighted by Gasteiger charge is 2.21. The van der Waals surface area contributed by atoms with E-state index in [0.29, 0.717) is 18.3 Å². The van der Waals surface area contributed by atoms with Crippen molar-refractivity contribution in [3.63, 3.8) is 0 Å². The van der Waals surface area contributed by atoms with Crippen molar-refractivity contribution in [2.45, 2.75) is 36.1 Å². The van der Waals surface area contributed by atoms with E-state index in [1.807, 2.05) is 0 Å². The lowest BCUT2D eigenvalue weighted by molar-refractivity contribution is 0.455. The third kappa shape index (κ3) is 3.71. The van der Waals surface area contributed by atoms with E-state index in [1.54, 1.807) is 12.1 Å². The van der Waals surface area contributed by atoms with Gasteiger partial charge in [-0.1, -0.05) is 0 Å². The van der Waals surface area contributed by atoms with Crippen LogP contribution < -0.4 is 5.32 Å². The van der Waals surface area contributed by atoms with Gasteiger partial charge in [-0.3, -0.25) is 0 Å². The minimum Gasteiger partial charge on any atom is -0.464 e. The van der Waals surface area contributed by atoms with Gasteiger partial charge in [0.25, 0.3) is 0 Å². The third-order valence-electron chi connectivity index (χ3n) is 3.36. The third-order valence-corrected chi connectivity index (χ3v) is 5.02. The number of rotatable bonds is 6. The largest absolute Gasteiger partial charge is 0.464 e. The van der Waals surface area contributed by atoms with Crippen LogP contribution in [0.3, 0.4) is 0 Å². The molecule has 1 aliphatic rings. The second-order valence-electron chi connectivity index (χ2n) is 5.24. The minimum atomic E-state index is -3.52. The van der Waals surface area contributed by atoms with Gasteiger partial charge < -0.3 is 9.73 Å². The molecule has 0 bridgehead atoms. The van der Waals surface area contributed by atoms with Gasteiger partial charge >= 0.3 is 0 Å². The molecular weight excluding hydrogens is 293 g/mol. The first-order valence-corrected chi connectivity index (χ1v) is 8.47. The van der Waals surface area contributed by atoms with E-state index in [-0.39, 0.29) is 10.6 Å². The van der Waals surface area contributed by atoms with E-state index in [1.165, 1.54) is 25.0 Å². The Labute approximate surface area is 122 Å². The molecule has 2 aromatic rings. The first-order valence-electron chi connectivity index (χ1n) is 6.82. The van der Waals surface area contributed by atoms with E-state index in [4.69, 9.17) is 4.42 Å². The molecule has 4 nitrogen and oxygen atoms in total. The summed E-state index contributed by atoms with van der Waals surface area (Å²) >= 11 is 0. The molecule has 0 aliphatic heterocycles. The Morgan fingerprint density at radius 1 is 1.10 bits per heavy atom. The van der Waals surface area contributed by atoms with E-state index in [0.717, 1.165) is 17.9 Å². The lowest BCUT2D eigenvalue weighted by atomic mass is 10.4. The molecule has 1 heterocycles. The van der Waals surface area contributed by atoms with Crippen molar-refractivity contribution in [2.75, 3.05) is 0 Å². The SMILES string of the molecule is O=S(=O)(Cc1ccc(CNC2CC2)o1)c1ccc(F)cc1. The van der Waals surface area contributed by atoms with Crippen LogP contribution in [0.15, 0.2) is 45.7 Å². The molecular formula is C15H16FNO3S. The molecule has 0 radical (unpaired) electrons. The summed E-state index contributed by atoms with van der Waals surface area (Å²) in [5, 5.41) is 3.30. The van der Waals surface area contributed by atoms with Gasteiger partial charge in [-0.25, -0.2) is 12.8 Å². The molecule has 1 saturated carbocycles. The van der Waals surface area contributed by atoms with E-state index in [2.05, 4.69) is 5.32 Å². The van der Waals surface area contributed by atoms with E-state index < -0.39 is 15.7 Å². The molecule has 0 amide bonds. The van der Waals surface area contributed by atoms with Gasteiger partial charge in [-0.15, -0.1) is 0 Å². The Bertz CT molecular complexity index is 718. The summed E-state index contributed by atoms with van der Waals surface area (Å²) in [6.45, 7) is 0.612. The summed E-state index contributed by atoms with van der Waals surface area (Å²) in [5.41, 5.74) is 0. The Morgan fingerprint density at radius 3 is 2.43 bits per heavy atom. The summed E-state index contributed by atoms with van der Waals surface area (Å²) in [5.74, 6) is 0.445. The van der Waals surface area contributed by atoms with Crippen LogP contribution in [0.2, 0.25) is 0 Å². The van der Waals surface area contributed by atoms with Gasteiger partial charge in [0.2, 0.25) is 0 Å². The summed E-state index contributed by atoms with van der Waals surface area (Å²) in [6.07, 6.45) is 2.37. The quantitative estimate of drug-likeness (QED) is 0.833. The fourth-order valence-electron chi connectivity index (χ4n) is 2.04. The number of nitrogens with one attached hydrogen (secondary N) is 1. The van der Waals surface area contributed by atoms with E-state index >= 15 is 0 Å². The van der Waals surface area contributed by atoms with Crippen molar-refractivity contribution in [1.82, 2.24) is 5.32 Å². The molecule has 6 heteroatoms. The average molecular weight is 309 g/mol. The minimum absolute atomic E-state index is 0.0953. The summed E-state index contributed by atoms with van der Waals surface area (Å²) in [4.78, 5) is 0.0953. The maximum atomic E-state index is 12.8. The Balaban J connectivity index is 1.68. The molecule has 0 saturated heterocycles. The number of hydrogen-bond acceptors (Lipinski definition) is 4. The molecule has 0 spiro atoms. The average Bonchev–Trinajstić information content (AvgIpc) is 3.17. The van der Waals surface area contributed by atoms with Crippen molar-refractivity contribution in [2.24, 2.45) is 0 Å². The van der Waals surface area contributed by atoms with Gasteiger partial charge in [0, 0.05) is 6.04 Å². The smallest absolute Gasteiger partial charge is 0.185 e. The maximum Gasteiger partial charge on any atom is 0.185 e. The fraction of sp³-hybridized carbons (Fsp3) is 0.333. The van der Waals surface area contributed by atoms with Gasteiger partial charge in [-0.2, -0.15) is 0 Å². The standard InChI is InChI=1S/C15H16FNO3S/c16-11-1-7-15(8-2-11)21(18,19)10-14-6-5-13(20-14)9-17-12-3-4-12/h1-2,5-8,12,17H,3-4,9-10H2. The Morgan fingerprint density at radius 2 is 1.76 bits per heavy atom. The van der Waals surface area contributed by atoms with E-state index in [9.17, 15) is 12.8 Å².